The lowest BCUT2D eigenvalue weighted by molar-refractivity contribution is 0.672. The molecule has 10 aromatic carbocycles. The van der Waals surface area contributed by atoms with Gasteiger partial charge < -0.3 is 9.32 Å². The Kier molecular flexibility index (Phi) is 7.20. The van der Waals surface area contributed by atoms with E-state index >= 15 is 0 Å². The van der Waals surface area contributed by atoms with E-state index < -0.39 is 0 Å². The molecule has 0 N–H and O–H groups in total. The Hall–Kier alpha value is -7.68. The van der Waals surface area contributed by atoms with Crippen LogP contribution in [0.1, 0.15) is 5.48 Å². The van der Waals surface area contributed by atoms with Crippen molar-refractivity contribution < 1.29 is 9.90 Å². The van der Waals surface area contributed by atoms with Gasteiger partial charge in [-0.05, 0) is 109 Å². The van der Waals surface area contributed by atoms with E-state index in [-0.39, 0.29) is 35.4 Å². The Balaban J connectivity index is 1.08. The van der Waals surface area contributed by atoms with Crippen molar-refractivity contribution in [3.63, 3.8) is 0 Å². The lowest BCUT2D eigenvalue weighted by Crippen LogP contribution is -2.10. The highest BCUT2D eigenvalue weighted by Gasteiger charge is 2.21. The summed E-state index contributed by atoms with van der Waals surface area (Å²) in [6.45, 7) is 0. The van der Waals surface area contributed by atoms with E-state index in [0.29, 0.717) is 22.5 Å². The van der Waals surface area contributed by atoms with Gasteiger partial charge in [0.15, 0.2) is 0 Å². The third-order valence-corrected chi connectivity index (χ3v) is 11.1. The van der Waals surface area contributed by atoms with Crippen molar-refractivity contribution in [1.82, 2.24) is 0 Å². The Labute approximate surface area is 343 Å². The van der Waals surface area contributed by atoms with Crippen LogP contribution in [0.3, 0.4) is 0 Å². The molecule has 2 nitrogen and oxygen atoms in total. The van der Waals surface area contributed by atoms with E-state index in [4.69, 9.17) is 4.42 Å². The summed E-state index contributed by atoms with van der Waals surface area (Å²) in [7, 11) is 0. The Morgan fingerprint density at radius 3 is 1.72 bits per heavy atom. The standard InChI is InChI=1S/C56H37NO/c1-2-11-38(12-3-1)39-23-25-40(26-24-39)41-27-32-47(33-28-41)57(53-21-10-22-54-55(53)52-36-31-44-14-5-7-19-51(44)56(52)58-54)48-34-29-42(30-35-48)45-16-8-17-46(37-45)50-20-9-15-43-13-4-6-18-49(43)50/h1-37H/i27D,28D,32D,33D. The fourth-order valence-corrected chi connectivity index (χ4v) is 8.28. The normalized spacial score (nSPS) is 12.4. The minimum absolute atomic E-state index is 0.115. The number of rotatable bonds is 7. The van der Waals surface area contributed by atoms with Crippen LogP contribution in [0, 0.1) is 0 Å². The number of benzene rings is 10. The molecule has 0 saturated carbocycles. The van der Waals surface area contributed by atoms with E-state index in [1.54, 1.807) is 0 Å². The van der Waals surface area contributed by atoms with Crippen LogP contribution in [0.25, 0.3) is 88.0 Å². The number of anilines is 3. The third-order valence-electron chi connectivity index (χ3n) is 11.1. The van der Waals surface area contributed by atoms with Crippen LogP contribution in [-0.2, 0) is 0 Å². The number of hydrogen-bond acceptors (Lipinski definition) is 2. The molecule has 2 heteroatoms. The molecule has 1 heterocycles. The summed E-state index contributed by atoms with van der Waals surface area (Å²) in [6, 6.07) is 66.8. The molecule has 0 atom stereocenters. The summed E-state index contributed by atoms with van der Waals surface area (Å²) in [6.07, 6.45) is 0. The first-order valence-electron chi connectivity index (χ1n) is 21.5. The van der Waals surface area contributed by atoms with Gasteiger partial charge in [-0.1, -0.05) is 176 Å². The molecule has 0 radical (unpaired) electrons. The molecule has 0 unspecified atom stereocenters. The Bertz CT molecular complexity index is 3470. The Morgan fingerprint density at radius 1 is 0.362 bits per heavy atom. The van der Waals surface area contributed by atoms with E-state index in [9.17, 15) is 5.48 Å². The van der Waals surface area contributed by atoms with Crippen LogP contribution >= 0.6 is 0 Å². The monoisotopic (exact) mass is 743 g/mol. The van der Waals surface area contributed by atoms with Crippen molar-refractivity contribution in [2.75, 3.05) is 4.90 Å². The van der Waals surface area contributed by atoms with Crippen molar-refractivity contribution in [1.29, 1.82) is 0 Å². The second kappa shape index (κ2) is 14.1. The molecule has 11 rings (SSSR count). The smallest absolute Gasteiger partial charge is 0.143 e. The van der Waals surface area contributed by atoms with Crippen LogP contribution < -0.4 is 4.90 Å². The molecule has 0 aliphatic heterocycles. The van der Waals surface area contributed by atoms with Crippen molar-refractivity contribution in [2.45, 2.75) is 0 Å². The van der Waals surface area contributed by atoms with Crippen molar-refractivity contribution >= 4 is 60.5 Å². The van der Waals surface area contributed by atoms with Crippen LogP contribution in [0.15, 0.2) is 229 Å². The zero-order chi connectivity index (χ0) is 41.9. The highest BCUT2D eigenvalue weighted by Crippen LogP contribution is 2.45. The average molecular weight is 744 g/mol. The second-order valence-corrected chi connectivity index (χ2v) is 14.6. The van der Waals surface area contributed by atoms with Gasteiger partial charge >= 0.3 is 0 Å². The van der Waals surface area contributed by atoms with Crippen molar-refractivity contribution in [2.24, 2.45) is 0 Å². The SMILES string of the molecule is [2H]c1c([2H])c(N(c2ccc(-c3cccc(-c4cccc5ccccc45)c3)cc2)c2cccc3oc4c5ccccc5ccc4c23)c([2H])c([2H])c1-c1ccc(-c2ccccc2)cc1. The molecule has 11 aromatic rings. The van der Waals surface area contributed by atoms with Gasteiger partial charge in [-0.15, -0.1) is 0 Å². The second-order valence-electron chi connectivity index (χ2n) is 14.6. The fraction of sp³-hybridized carbons (Fsp3) is 0. The summed E-state index contributed by atoms with van der Waals surface area (Å²) in [5.74, 6) is 0. The lowest BCUT2D eigenvalue weighted by Gasteiger charge is -2.26. The quantitative estimate of drug-likeness (QED) is 0.162. The highest BCUT2D eigenvalue weighted by atomic mass is 16.3. The molecule has 0 bridgehead atoms. The Morgan fingerprint density at radius 2 is 0.931 bits per heavy atom. The van der Waals surface area contributed by atoms with Gasteiger partial charge in [0.05, 0.1) is 16.6 Å². The van der Waals surface area contributed by atoms with Gasteiger partial charge in [-0.2, -0.15) is 0 Å². The third kappa shape index (κ3) is 5.91. The van der Waals surface area contributed by atoms with Crippen LogP contribution in [-0.4, -0.2) is 0 Å². The summed E-state index contributed by atoms with van der Waals surface area (Å²) < 4.78 is 44.8. The largest absolute Gasteiger partial charge is 0.455 e. The maximum Gasteiger partial charge on any atom is 0.143 e. The summed E-state index contributed by atoms with van der Waals surface area (Å²) in [5.41, 5.74) is 10.2. The van der Waals surface area contributed by atoms with E-state index in [1.165, 1.54) is 16.3 Å². The first kappa shape index (κ1) is 29.6. The summed E-state index contributed by atoms with van der Waals surface area (Å²) >= 11 is 0. The molecule has 0 fully saturated rings. The van der Waals surface area contributed by atoms with Gasteiger partial charge in [0.2, 0.25) is 0 Å². The predicted molar refractivity (Wildman–Crippen MR) is 245 cm³/mol. The minimum Gasteiger partial charge on any atom is -0.455 e. The first-order valence-corrected chi connectivity index (χ1v) is 19.5. The first-order chi connectivity index (χ1) is 30.4. The van der Waals surface area contributed by atoms with Gasteiger partial charge in [0.1, 0.15) is 11.2 Å². The number of nitrogens with zero attached hydrogens (tertiary/aromatic N) is 1. The average Bonchev–Trinajstić information content (AvgIpc) is 3.73. The van der Waals surface area contributed by atoms with Crippen LogP contribution in [0.4, 0.5) is 17.1 Å². The lowest BCUT2D eigenvalue weighted by atomic mass is 9.95. The predicted octanol–water partition coefficient (Wildman–Crippen LogP) is 16.0. The maximum absolute atomic E-state index is 9.65. The van der Waals surface area contributed by atoms with Gasteiger partial charge in [0, 0.05) is 22.1 Å². The molecule has 58 heavy (non-hydrogen) atoms. The van der Waals surface area contributed by atoms with Gasteiger partial charge in [0.25, 0.3) is 0 Å². The molecule has 1 aromatic heterocycles. The van der Waals surface area contributed by atoms with Gasteiger partial charge in [-0.25, -0.2) is 0 Å². The number of hydrogen-bond donors (Lipinski definition) is 0. The molecule has 272 valence electrons. The maximum atomic E-state index is 9.65. The molecule has 0 aliphatic carbocycles. The fourth-order valence-electron chi connectivity index (χ4n) is 8.28. The molecule has 0 aliphatic rings. The number of fused-ring (bicyclic) bond motifs is 6. The zero-order valence-corrected chi connectivity index (χ0v) is 31.4. The van der Waals surface area contributed by atoms with Crippen molar-refractivity contribution in [3.8, 4) is 44.5 Å². The molecular weight excluding hydrogens is 703 g/mol. The van der Waals surface area contributed by atoms with Crippen molar-refractivity contribution in [3.05, 3.63) is 224 Å². The molecular formula is C56H37NO. The molecule has 0 spiro atoms. The zero-order valence-electron chi connectivity index (χ0n) is 35.4. The van der Waals surface area contributed by atoms with E-state index in [0.717, 1.165) is 54.9 Å². The van der Waals surface area contributed by atoms with Gasteiger partial charge in [-0.3, -0.25) is 0 Å². The topological polar surface area (TPSA) is 16.4 Å². The number of furan rings is 1. The molecule has 0 saturated heterocycles. The summed E-state index contributed by atoms with van der Waals surface area (Å²) in [5, 5.41) is 6.15. The van der Waals surface area contributed by atoms with E-state index in [2.05, 4.69) is 103 Å². The van der Waals surface area contributed by atoms with Crippen LogP contribution in [0.5, 0.6) is 0 Å². The van der Waals surface area contributed by atoms with E-state index in [1.807, 2.05) is 102 Å². The van der Waals surface area contributed by atoms with Crippen LogP contribution in [0.2, 0.25) is 0 Å². The summed E-state index contributed by atoms with van der Waals surface area (Å²) in [4.78, 5) is 1.87. The minimum atomic E-state index is -0.143. The highest BCUT2D eigenvalue weighted by molar-refractivity contribution is 6.19. The molecule has 0 amide bonds.